The van der Waals surface area contributed by atoms with Crippen molar-refractivity contribution in [1.82, 2.24) is 9.80 Å². The Kier molecular flexibility index (Phi) is 5.25. The second-order valence-corrected chi connectivity index (χ2v) is 7.69. The van der Waals surface area contributed by atoms with Crippen molar-refractivity contribution in [3.63, 3.8) is 0 Å². The quantitative estimate of drug-likeness (QED) is 0.832. The van der Waals surface area contributed by atoms with Gasteiger partial charge in [0.1, 0.15) is 6.10 Å². The number of rotatable bonds is 3. The monoisotopic (exact) mass is 356 g/mol. The van der Waals surface area contributed by atoms with Gasteiger partial charge in [0.25, 0.3) is 5.91 Å². The summed E-state index contributed by atoms with van der Waals surface area (Å²) < 4.78 is 5.49. The molecule has 1 unspecified atom stereocenters. The second kappa shape index (κ2) is 7.78. The van der Waals surface area contributed by atoms with E-state index in [1.165, 1.54) is 30.4 Å². The third-order valence-corrected chi connectivity index (χ3v) is 5.92. The standard InChI is InChI=1S/C21H28N2O3/c24-20(15-16-7-8-17-4-1-2-5-18(17)14-16)22-9-11-23(12-10-22)21(25)19-6-3-13-26-19/h7-8,14,19H,1-6,9-13,15H2. The van der Waals surface area contributed by atoms with Crippen LogP contribution < -0.4 is 0 Å². The maximum absolute atomic E-state index is 12.7. The number of hydrogen-bond donors (Lipinski definition) is 0. The molecule has 26 heavy (non-hydrogen) atoms. The molecular formula is C21H28N2O3. The Bertz CT molecular complexity index is 674. The minimum atomic E-state index is -0.257. The van der Waals surface area contributed by atoms with E-state index in [0.29, 0.717) is 39.2 Å². The number of amides is 2. The summed E-state index contributed by atoms with van der Waals surface area (Å²) in [6, 6.07) is 6.54. The number of carbonyl (C=O) groups excluding carboxylic acids is 2. The van der Waals surface area contributed by atoms with E-state index in [-0.39, 0.29) is 17.9 Å². The van der Waals surface area contributed by atoms with Crippen molar-refractivity contribution >= 4 is 11.8 Å². The molecule has 3 aliphatic rings. The minimum absolute atomic E-state index is 0.101. The van der Waals surface area contributed by atoms with Gasteiger partial charge in [-0.25, -0.2) is 0 Å². The third-order valence-electron chi connectivity index (χ3n) is 5.92. The predicted octanol–water partition coefficient (Wildman–Crippen LogP) is 1.96. The Morgan fingerprint density at radius 2 is 1.69 bits per heavy atom. The fourth-order valence-corrected chi connectivity index (χ4v) is 4.34. The van der Waals surface area contributed by atoms with E-state index in [1.807, 2.05) is 9.80 Å². The average molecular weight is 356 g/mol. The minimum Gasteiger partial charge on any atom is -0.368 e. The topological polar surface area (TPSA) is 49.9 Å². The second-order valence-electron chi connectivity index (χ2n) is 7.69. The Hall–Kier alpha value is -1.88. The van der Waals surface area contributed by atoms with Crippen LogP contribution in [0.3, 0.4) is 0 Å². The number of ether oxygens (including phenoxy) is 1. The van der Waals surface area contributed by atoms with Crippen molar-refractivity contribution in [3.8, 4) is 0 Å². The molecule has 4 rings (SSSR count). The molecule has 0 bridgehead atoms. The van der Waals surface area contributed by atoms with E-state index in [2.05, 4.69) is 18.2 Å². The largest absolute Gasteiger partial charge is 0.368 e. The van der Waals surface area contributed by atoms with Crippen molar-refractivity contribution in [3.05, 3.63) is 34.9 Å². The normalized spacial score (nSPS) is 23.0. The highest BCUT2D eigenvalue weighted by atomic mass is 16.5. The van der Waals surface area contributed by atoms with Crippen molar-refractivity contribution in [2.75, 3.05) is 32.8 Å². The van der Waals surface area contributed by atoms with Crippen molar-refractivity contribution < 1.29 is 14.3 Å². The van der Waals surface area contributed by atoms with Crippen molar-refractivity contribution in [2.45, 2.75) is 51.0 Å². The first-order chi connectivity index (χ1) is 12.7. The lowest BCUT2D eigenvalue weighted by atomic mass is 9.90. The zero-order chi connectivity index (χ0) is 17.9. The summed E-state index contributed by atoms with van der Waals surface area (Å²) in [7, 11) is 0. The number of hydrogen-bond acceptors (Lipinski definition) is 3. The highest BCUT2D eigenvalue weighted by Crippen LogP contribution is 2.23. The molecular weight excluding hydrogens is 328 g/mol. The summed E-state index contributed by atoms with van der Waals surface area (Å²) in [6.45, 7) is 3.18. The molecule has 5 heteroatoms. The molecule has 0 N–H and O–H groups in total. The number of nitrogens with zero attached hydrogens (tertiary/aromatic N) is 2. The van der Waals surface area contributed by atoms with Gasteiger partial charge < -0.3 is 14.5 Å². The molecule has 1 aromatic carbocycles. The molecule has 140 valence electrons. The third kappa shape index (κ3) is 3.78. The Balaban J connectivity index is 1.30. The fourth-order valence-electron chi connectivity index (χ4n) is 4.34. The van der Waals surface area contributed by atoms with Gasteiger partial charge in [-0.1, -0.05) is 18.2 Å². The van der Waals surface area contributed by atoms with Crippen molar-refractivity contribution in [1.29, 1.82) is 0 Å². The van der Waals surface area contributed by atoms with E-state index in [9.17, 15) is 9.59 Å². The van der Waals surface area contributed by atoms with E-state index in [1.54, 1.807) is 0 Å². The molecule has 0 spiro atoms. The summed E-state index contributed by atoms with van der Waals surface area (Å²) in [5.74, 6) is 0.272. The van der Waals surface area contributed by atoms with E-state index < -0.39 is 0 Å². The molecule has 0 radical (unpaired) electrons. The van der Waals surface area contributed by atoms with Gasteiger partial charge in [-0.3, -0.25) is 9.59 Å². The molecule has 2 fully saturated rings. The van der Waals surface area contributed by atoms with E-state index in [0.717, 1.165) is 24.8 Å². The van der Waals surface area contributed by atoms with E-state index >= 15 is 0 Å². The maximum atomic E-state index is 12.7. The van der Waals surface area contributed by atoms with Gasteiger partial charge in [0, 0.05) is 32.8 Å². The maximum Gasteiger partial charge on any atom is 0.251 e. The fraction of sp³-hybridized carbons (Fsp3) is 0.619. The summed E-state index contributed by atoms with van der Waals surface area (Å²) in [5.41, 5.74) is 4.00. The summed E-state index contributed by atoms with van der Waals surface area (Å²) in [4.78, 5) is 28.8. The van der Waals surface area contributed by atoms with Crippen molar-refractivity contribution in [2.24, 2.45) is 0 Å². The van der Waals surface area contributed by atoms with Crippen LogP contribution in [0, 0.1) is 0 Å². The van der Waals surface area contributed by atoms with Gasteiger partial charge >= 0.3 is 0 Å². The highest BCUT2D eigenvalue weighted by molar-refractivity contribution is 5.82. The van der Waals surface area contributed by atoms with Crippen LogP contribution in [0.15, 0.2) is 18.2 Å². The van der Waals surface area contributed by atoms with Crippen LogP contribution in [0.4, 0.5) is 0 Å². The van der Waals surface area contributed by atoms with Gasteiger partial charge in [0.05, 0.1) is 6.42 Å². The lowest BCUT2D eigenvalue weighted by molar-refractivity contribution is -0.145. The number of piperazine rings is 1. The highest BCUT2D eigenvalue weighted by Gasteiger charge is 2.31. The number of carbonyl (C=O) groups is 2. The van der Waals surface area contributed by atoms with Gasteiger partial charge in [0.15, 0.2) is 0 Å². The van der Waals surface area contributed by atoms with Crippen LogP contribution in [-0.4, -0.2) is 60.5 Å². The van der Waals surface area contributed by atoms with Crippen LogP contribution in [0.1, 0.15) is 42.4 Å². The smallest absolute Gasteiger partial charge is 0.251 e. The molecule has 1 atom stereocenters. The van der Waals surface area contributed by atoms with Crippen LogP contribution in [0.25, 0.3) is 0 Å². The molecule has 1 aliphatic carbocycles. The molecule has 5 nitrogen and oxygen atoms in total. The first kappa shape index (κ1) is 17.5. The Morgan fingerprint density at radius 1 is 0.962 bits per heavy atom. The van der Waals surface area contributed by atoms with Gasteiger partial charge in [-0.2, -0.15) is 0 Å². The average Bonchev–Trinajstić information content (AvgIpc) is 3.22. The van der Waals surface area contributed by atoms with Crippen LogP contribution in [-0.2, 0) is 33.6 Å². The number of fused-ring (bicyclic) bond motifs is 1. The van der Waals surface area contributed by atoms with E-state index in [4.69, 9.17) is 4.74 Å². The van der Waals surface area contributed by atoms with Crippen LogP contribution in [0.5, 0.6) is 0 Å². The summed E-state index contributed by atoms with van der Waals surface area (Å²) in [5, 5.41) is 0. The summed E-state index contributed by atoms with van der Waals surface area (Å²) >= 11 is 0. The number of aryl methyl sites for hydroxylation is 2. The molecule has 2 saturated heterocycles. The van der Waals surface area contributed by atoms with Crippen LogP contribution in [0.2, 0.25) is 0 Å². The molecule has 2 amide bonds. The molecule has 0 saturated carbocycles. The summed E-state index contributed by atoms with van der Waals surface area (Å²) in [6.07, 6.45) is 6.85. The predicted molar refractivity (Wildman–Crippen MR) is 98.9 cm³/mol. The molecule has 0 aromatic heterocycles. The first-order valence-corrected chi connectivity index (χ1v) is 9.99. The molecule has 2 heterocycles. The van der Waals surface area contributed by atoms with Crippen LogP contribution >= 0.6 is 0 Å². The Labute approximate surface area is 155 Å². The number of benzene rings is 1. The van der Waals surface area contributed by atoms with Gasteiger partial charge in [-0.15, -0.1) is 0 Å². The lowest BCUT2D eigenvalue weighted by Crippen LogP contribution is -2.53. The first-order valence-electron chi connectivity index (χ1n) is 9.99. The lowest BCUT2D eigenvalue weighted by Gasteiger charge is -2.35. The van der Waals surface area contributed by atoms with Gasteiger partial charge in [0.2, 0.25) is 5.91 Å². The molecule has 2 aliphatic heterocycles. The SMILES string of the molecule is O=C(Cc1ccc2c(c1)CCCC2)N1CCN(C(=O)C2CCCO2)CC1. The van der Waals surface area contributed by atoms with Gasteiger partial charge in [-0.05, 0) is 55.2 Å². The molecule has 1 aromatic rings. The Morgan fingerprint density at radius 3 is 2.42 bits per heavy atom. The zero-order valence-electron chi connectivity index (χ0n) is 15.4. The zero-order valence-corrected chi connectivity index (χ0v) is 15.4.